The SMILES string of the molecule is CN(CC(=O)Nc1cccc(C#N)c1)Cc1ccncc1. The van der Waals surface area contributed by atoms with E-state index in [2.05, 4.69) is 10.3 Å². The number of amides is 1. The largest absolute Gasteiger partial charge is 0.325 e. The maximum atomic E-state index is 12.0. The number of nitrogens with one attached hydrogen (secondary N) is 1. The topological polar surface area (TPSA) is 69.0 Å². The van der Waals surface area contributed by atoms with E-state index in [1.165, 1.54) is 0 Å². The van der Waals surface area contributed by atoms with Crippen LogP contribution >= 0.6 is 0 Å². The maximum Gasteiger partial charge on any atom is 0.238 e. The Kier molecular flexibility index (Phi) is 5.02. The van der Waals surface area contributed by atoms with Crippen LogP contribution in [0.25, 0.3) is 0 Å². The van der Waals surface area contributed by atoms with Gasteiger partial charge in [-0.25, -0.2) is 0 Å². The summed E-state index contributed by atoms with van der Waals surface area (Å²) >= 11 is 0. The summed E-state index contributed by atoms with van der Waals surface area (Å²) in [7, 11) is 1.88. The zero-order chi connectivity index (χ0) is 15.1. The van der Waals surface area contributed by atoms with Gasteiger partial charge in [0.05, 0.1) is 18.2 Å². The molecule has 2 aromatic rings. The lowest BCUT2D eigenvalue weighted by Gasteiger charge is -2.16. The third kappa shape index (κ3) is 4.71. The van der Waals surface area contributed by atoms with Crippen LogP contribution in [0.5, 0.6) is 0 Å². The van der Waals surface area contributed by atoms with E-state index in [1.54, 1.807) is 36.7 Å². The molecule has 106 valence electrons. The van der Waals surface area contributed by atoms with E-state index >= 15 is 0 Å². The first-order valence-electron chi connectivity index (χ1n) is 6.55. The van der Waals surface area contributed by atoms with Gasteiger partial charge in [0.2, 0.25) is 5.91 Å². The van der Waals surface area contributed by atoms with Crippen molar-refractivity contribution in [2.75, 3.05) is 18.9 Å². The smallest absolute Gasteiger partial charge is 0.238 e. The molecule has 0 unspecified atom stereocenters. The molecular formula is C16H16N4O. The lowest BCUT2D eigenvalue weighted by molar-refractivity contribution is -0.117. The number of anilines is 1. The molecule has 0 aliphatic heterocycles. The van der Waals surface area contributed by atoms with Crippen LogP contribution in [-0.4, -0.2) is 29.4 Å². The van der Waals surface area contributed by atoms with Gasteiger partial charge in [0.15, 0.2) is 0 Å². The van der Waals surface area contributed by atoms with Gasteiger partial charge in [-0.2, -0.15) is 5.26 Å². The number of carbonyl (C=O) groups excluding carboxylic acids is 1. The van der Waals surface area contributed by atoms with Crippen molar-refractivity contribution in [2.45, 2.75) is 6.54 Å². The van der Waals surface area contributed by atoms with Gasteiger partial charge in [0.1, 0.15) is 0 Å². The highest BCUT2D eigenvalue weighted by molar-refractivity contribution is 5.92. The van der Waals surface area contributed by atoms with Crippen molar-refractivity contribution in [1.82, 2.24) is 9.88 Å². The summed E-state index contributed by atoms with van der Waals surface area (Å²) in [6.45, 7) is 0.952. The Morgan fingerprint density at radius 1 is 1.33 bits per heavy atom. The number of rotatable bonds is 5. The predicted molar refractivity (Wildman–Crippen MR) is 80.4 cm³/mol. The molecule has 5 nitrogen and oxygen atoms in total. The van der Waals surface area contributed by atoms with Gasteiger partial charge in [-0.15, -0.1) is 0 Å². The average molecular weight is 280 g/mol. The van der Waals surface area contributed by atoms with Gasteiger partial charge < -0.3 is 5.32 Å². The molecular weight excluding hydrogens is 264 g/mol. The van der Waals surface area contributed by atoms with E-state index in [9.17, 15) is 4.79 Å². The number of likely N-dealkylation sites (N-methyl/N-ethyl adjacent to an activating group) is 1. The van der Waals surface area contributed by atoms with E-state index in [1.807, 2.05) is 30.1 Å². The lowest BCUT2D eigenvalue weighted by Crippen LogP contribution is -2.29. The Labute approximate surface area is 123 Å². The van der Waals surface area contributed by atoms with Gasteiger partial charge in [0, 0.05) is 24.6 Å². The molecule has 0 fully saturated rings. The fraction of sp³-hybridized carbons (Fsp3) is 0.188. The first kappa shape index (κ1) is 14.7. The zero-order valence-corrected chi connectivity index (χ0v) is 11.8. The van der Waals surface area contributed by atoms with E-state index in [4.69, 9.17) is 5.26 Å². The second-order valence-electron chi connectivity index (χ2n) is 4.77. The molecule has 0 spiro atoms. The monoisotopic (exact) mass is 280 g/mol. The van der Waals surface area contributed by atoms with Crippen LogP contribution in [0.4, 0.5) is 5.69 Å². The number of pyridine rings is 1. The van der Waals surface area contributed by atoms with E-state index in [0.29, 0.717) is 17.8 Å². The molecule has 1 heterocycles. The van der Waals surface area contributed by atoms with Crippen LogP contribution in [-0.2, 0) is 11.3 Å². The molecule has 1 aromatic heterocycles. The molecule has 1 aromatic carbocycles. The van der Waals surface area contributed by atoms with Crippen LogP contribution in [0.2, 0.25) is 0 Å². The second-order valence-corrected chi connectivity index (χ2v) is 4.77. The van der Waals surface area contributed by atoms with E-state index in [-0.39, 0.29) is 12.5 Å². The van der Waals surface area contributed by atoms with E-state index in [0.717, 1.165) is 5.56 Å². The Bertz CT molecular complexity index is 649. The minimum Gasteiger partial charge on any atom is -0.325 e. The van der Waals surface area contributed by atoms with Gasteiger partial charge in [-0.1, -0.05) is 6.07 Å². The lowest BCUT2D eigenvalue weighted by atomic mass is 10.2. The molecule has 21 heavy (non-hydrogen) atoms. The van der Waals surface area contributed by atoms with Gasteiger partial charge >= 0.3 is 0 Å². The third-order valence-corrected chi connectivity index (χ3v) is 2.89. The molecule has 0 radical (unpaired) electrons. The van der Waals surface area contributed by atoms with Crippen LogP contribution in [0, 0.1) is 11.3 Å². The molecule has 0 atom stereocenters. The van der Waals surface area contributed by atoms with Crippen molar-refractivity contribution in [1.29, 1.82) is 5.26 Å². The fourth-order valence-corrected chi connectivity index (χ4v) is 1.97. The van der Waals surface area contributed by atoms with Crippen molar-refractivity contribution in [3.63, 3.8) is 0 Å². The Morgan fingerprint density at radius 2 is 2.10 bits per heavy atom. The highest BCUT2D eigenvalue weighted by Crippen LogP contribution is 2.10. The first-order chi connectivity index (χ1) is 10.2. The number of hydrogen-bond donors (Lipinski definition) is 1. The summed E-state index contributed by atoms with van der Waals surface area (Å²) in [4.78, 5) is 17.8. The van der Waals surface area contributed by atoms with Crippen molar-refractivity contribution in [3.8, 4) is 6.07 Å². The molecule has 0 aliphatic rings. The molecule has 0 saturated heterocycles. The normalized spacial score (nSPS) is 10.1. The quantitative estimate of drug-likeness (QED) is 0.909. The Morgan fingerprint density at radius 3 is 2.81 bits per heavy atom. The number of benzene rings is 1. The summed E-state index contributed by atoms with van der Waals surface area (Å²) in [5.41, 5.74) is 2.26. The van der Waals surface area contributed by atoms with Gasteiger partial charge in [0.25, 0.3) is 0 Å². The molecule has 5 heteroatoms. The minimum absolute atomic E-state index is 0.110. The number of nitrogens with zero attached hydrogens (tertiary/aromatic N) is 3. The summed E-state index contributed by atoms with van der Waals surface area (Å²) in [6.07, 6.45) is 3.47. The van der Waals surface area contributed by atoms with Crippen LogP contribution in [0.1, 0.15) is 11.1 Å². The summed E-state index contributed by atoms with van der Waals surface area (Å²) < 4.78 is 0. The molecule has 0 aliphatic carbocycles. The highest BCUT2D eigenvalue weighted by Gasteiger charge is 2.07. The standard InChI is InChI=1S/C16H16N4O/c1-20(11-13-5-7-18-8-6-13)12-16(21)19-15-4-2-3-14(9-15)10-17/h2-9H,11-12H2,1H3,(H,19,21). The summed E-state index contributed by atoms with van der Waals surface area (Å²) in [5.74, 6) is -0.110. The summed E-state index contributed by atoms with van der Waals surface area (Å²) in [5, 5.41) is 11.6. The molecule has 1 N–H and O–H groups in total. The number of carbonyl (C=O) groups is 1. The average Bonchev–Trinajstić information content (AvgIpc) is 2.48. The molecule has 1 amide bonds. The molecule has 0 saturated carbocycles. The Balaban J connectivity index is 1.88. The molecule has 0 bridgehead atoms. The first-order valence-corrected chi connectivity index (χ1v) is 6.55. The Hall–Kier alpha value is -2.71. The number of aromatic nitrogens is 1. The van der Waals surface area contributed by atoms with Crippen molar-refractivity contribution >= 4 is 11.6 Å². The van der Waals surface area contributed by atoms with Crippen molar-refractivity contribution in [3.05, 3.63) is 59.9 Å². The second kappa shape index (κ2) is 7.17. The number of nitriles is 1. The number of hydrogen-bond acceptors (Lipinski definition) is 4. The predicted octanol–water partition coefficient (Wildman–Crippen LogP) is 2.02. The van der Waals surface area contributed by atoms with Crippen LogP contribution in [0.3, 0.4) is 0 Å². The maximum absolute atomic E-state index is 12.0. The van der Waals surface area contributed by atoms with Crippen LogP contribution in [0.15, 0.2) is 48.8 Å². The van der Waals surface area contributed by atoms with Crippen LogP contribution < -0.4 is 5.32 Å². The fourth-order valence-electron chi connectivity index (χ4n) is 1.97. The van der Waals surface area contributed by atoms with Gasteiger partial charge in [-0.05, 0) is 42.9 Å². The van der Waals surface area contributed by atoms with Crippen molar-refractivity contribution < 1.29 is 4.79 Å². The van der Waals surface area contributed by atoms with E-state index < -0.39 is 0 Å². The summed E-state index contributed by atoms with van der Waals surface area (Å²) in [6, 6.07) is 12.8. The zero-order valence-electron chi connectivity index (χ0n) is 11.8. The molecule has 2 rings (SSSR count). The third-order valence-electron chi connectivity index (χ3n) is 2.89. The van der Waals surface area contributed by atoms with Gasteiger partial charge in [-0.3, -0.25) is 14.7 Å². The minimum atomic E-state index is -0.110. The van der Waals surface area contributed by atoms with Crippen molar-refractivity contribution in [2.24, 2.45) is 0 Å². The highest BCUT2D eigenvalue weighted by atomic mass is 16.2.